The average Bonchev–Trinajstić information content (AvgIpc) is 2.58. The number of methoxy groups -OCH3 is 1. The molecule has 0 saturated heterocycles. The van der Waals surface area contributed by atoms with Gasteiger partial charge in [-0.2, -0.15) is 0 Å². The molecule has 1 atom stereocenters. The zero-order valence-corrected chi connectivity index (χ0v) is 14.5. The van der Waals surface area contributed by atoms with Crippen LogP contribution in [-0.2, 0) is 11.3 Å². The van der Waals surface area contributed by atoms with Crippen molar-refractivity contribution in [1.82, 2.24) is 5.32 Å². The lowest BCUT2D eigenvalue weighted by atomic mass is 10.0. The highest BCUT2D eigenvalue weighted by atomic mass is 16.5. The molecule has 2 N–H and O–H groups in total. The van der Waals surface area contributed by atoms with Crippen LogP contribution in [-0.4, -0.2) is 24.2 Å². The van der Waals surface area contributed by atoms with Crippen molar-refractivity contribution in [3.8, 4) is 16.9 Å². The van der Waals surface area contributed by atoms with E-state index in [-0.39, 0.29) is 0 Å². The minimum absolute atomic E-state index is 0.320. The van der Waals surface area contributed by atoms with Gasteiger partial charge in [0.05, 0.1) is 7.11 Å². The van der Waals surface area contributed by atoms with E-state index in [1.165, 1.54) is 0 Å². The third-order valence-corrected chi connectivity index (χ3v) is 3.94. The van der Waals surface area contributed by atoms with Crippen LogP contribution in [0.25, 0.3) is 11.1 Å². The van der Waals surface area contributed by atoms with Gasteiger partial charge < -0.3 is 15.2 Å². The number of hydrogen-bond acceptors (Lipinski definition) is 3. The third kappa shape index (κ3) is 4.83. The van der Waals surface area contributed by atoms with E-state index in [0.29, 0.717) is 18.9 Å². The van der Waals surface area contributed by atoms with E-state index in [2.05, 4.69) is 17.4 Å². The molecule has 0 radical (unpaired) electrons. The lowest BCUT2D eigenvalue weighted by molar-refractivity contribution is -0.140. The van der Waals surface area contributed by atoms with Gasteiger partial charge >= 0.3 is 5.97 Å². The lowest BCUT2D eigenvalue weighted by Crippen LogP contribution is -2.37. The van der Waals surface area contributed by atoms with E-state index in [4.69, 9.17) is 4.74 Å². The molecule has 0 heterocycles. The molecule has 4 heteroatoms. The standard InChI is InChI=1S/C20H25NO3/c1-14(2)11-18(20(22)23)21-13-17-10-9-16(12-19(17)24-3)15-7-5-4-6-8-15/h4-10,12,14,18,21H,11,13H2,1-3H3,(H,22,23)/t18-/m1/s1. The molecule has 0 amide bonds. The van der Waals surface area contributed by atoms with Gasteiger partial charge in [-0.05, 0) is 29.5 Å². The van der Waals surface area contributed by atoms with Crippen LogP contribution in [0.15, 0.2) is 48.5 Å². The highest BCUT2D eigenvalue weighted by molar-refractivity contribution is 5.73. The average molecular weight is 327 g/mol. The predicted octanol–water partition coefficient (Wildman–Crippen LogP) is 3.95. The first-order valence-electron chi connectivity index (χ1n) is 8.19. The first-order chi connectivity index (χ1) is 11.5. The molecule has 0 fully saturated rings. The van der Waals surface area contributed by atoms with Gasteiger partial charge in [-0.3, -0.25) is 4.79 Å². The molecule has 0 aliphatic carbocycles. The van der Waals surface area contributed by atoms with Crippen molar-refractivity contribution in [3.63, 3.8) is 0 Å². The van der Waals surface area contributed by atoms with Crippen molar-refractivity contribution < 1.29 is 14.6 Å². The summed E-state index contributed by atoms with van der Waals surface area (Å²) in [6.45, 7) is 4.50. The molecule has 0 bridgehead atoms. The number of benzene rings is 2. The second kappa shape index (κ2) is 8.50. The highest BCUT2D eigenvalue weighted by Crippen LogP contribution is 2.27. The summed E-state index contributed by atoms with van der Waals surface area (Å²) in [6, 6.07) is 15.6. The summed E-state index contributed by atoms with van der Waals surface area (Å²) in [7, 11) is 1.64. The molecule has 0 saturated carbocycles. The van der Waals surface area contributed by atoms with Crippen molar-refractivity contribution in [2.75, 3.05) is 7.11 Å². The molecule has 0 unspecified atom stereocenters. The Kier molecular flexibility index (Phi) is 6.38. The number of carboxylic acids is 1. The van der Waals surface area contributed by atoms with Crippen LogP contribution < -0.4 is 10.1 Å². The fourth-order valence-electron chi connectivity index (χ4n) is 2.68. The number of rotatable bonds is 8. The SMILES string of the molecule is COc1cc(-c2ccccc2)ccc1CN[C@H](CC(C)C)C(=O)O. The largest absolute Gasteiger partial charge is 0.496 e. The van der Waals surface area contributed by atoms with Gasteiger partial charge in [-0.25, -0.2) is 0 Å². The van der Waals surface area contributed by atoms with Gasteiger partial charge in [-0.1, -0.05) is 56.3 Å². The molecule has 2 aromatic rings. The lowest BCUT2D eigenvalue weighted by Gasteiger charge is -2.18. The summed E-state index contributed by atoms with van der Waals surface area (Å²) >= 11 is 0. The summed E-state index contributed by atoms with van der Waals surface area (Å²) in [5.41, 5.74) is 3.15. The molecular weight excluding hydrogens is 302 g/mol. The van der Waals surface area contributed by atoms with E-state index in [0.717, 1.165) is 22.4 Å². The minimum atomic E-state index is -0.816. The maximum Gasteiger partial charge on any atom is 0.320 e. The first kappa shape index (κ1) is 18.0. The molecule has 128 valence electrons. The van der Waals surface area contributed by atoms with Gasteiger partial charge in [0, 0.05) is 12.1 Å². The van der Waals surface area contributed by atoms with Crippen molar-refractivity contribution in [2.24, 2.45) is 5.92 Å². The van der Waals surface area contributed by atoms with Crippen LogP contribution in [0, 0.1) is 5.92 Å². The number of carboxylic acid groups (broad SMARTS) is 1. The summed E-state index contributed by atoms with van der Waals surface area (Å²) < 4.78 is 5.49. The van der Waals surface area contributed by atoms with E-state index < -0.39 is 12.0 Å². The van der Waals surface area contributed by atoms with Crippen LogP contribution in [0.2, 0.25) is 0 Å². The third-order valence-electron chi connectivity index (χ3n) is 3.94. The van der Waals surface area contributed by atoms with Crippen molar-refractivity contribution >= 4 is 5.97 Å². The van der Waals surface area contributed by atoms with Gasteiger partial charge in [-0.15, -0.1) is 0 Å². The molecule has 0 aliphatic rings. The maximum absolute atomic E-state index is 11.4. The summed E-state index contributed by atoms with van der Waals surface area (Å²) in [4.78, 5) is 11.4. The topological polar surface area (TPSA) is 58.6 Å². The normalized spacial score (nSPS) is 12.2. The Morgan fingerprint density at radius 3 is 2.42 bits per heavy atom. The first-order valence-corrected chi connectivity index (χ1v) is 8.19. The van der Waals surface area contributed by atoms with E-state index in [9.17, 15) is 9.90 Å². The van der Waals surface area contributed by atoms with Crippen LogP contribution in [0.1, 0.15) is 25.8 Å². The Bertz CT molecular complexity index is 668. The molecule has 0 spiro atoms. The van der Waals surface area contributed by atoms with Crippen LogP contribution in [0.4, 0.5) is 0 Å². The van der Waals surface area contributed by atoms with Crippen LogP contribution in [0.3, 0.4) is 0 Å². The maximum atomic E-state index is 11.4. The molecule has 4 nitrogen and oxygen atoms in total. The van der Waals surface area contributed by atoms with Crippen molar-refractivity contribution in [2.45, 2.75) is 32.9 Å². The van der Waals surface area contributed by atoms with Gasteiger partial charge in [0.15, 0.2) is 0 Å². The summed E-state index contributed by atoms with van der Waals surface area (Å²) in [5, 5.41) is 12.4. The quantitative estimate of drug-likeness (QED) is 0.771. The molecular formula is C20H25NO3. The van der Waals surface area contributed by atoms with Gasteiger partial charge in [0.2, 0.25) is 0 Å². The number of hydrogen-bond donors (Lipinski definition) is 2. The second-order valence-corrected chi connectivity index (χ2v) is 6.29. The van der Waals surface area contributed by atoms with Gasteiger partial charge in [0.25, 0.3) is 0 Å². The predicted molar refractivity (Wildman–Crippen MR) is 96.1 cm³/mol. The Morgan fingerprint density at radius 2 is 1.83 bits per heavy atom. The number of nitrogens with one attached hydrogen (secondary N) is 1. The summed E-state index contributed by atoms with van der Waals surface area (Å²) in [5.74, 6) is 0.266. The zero-order chi connectivity index (χ0) is 17.5. The van der Waals surface area contributed by atoms with Gasteiger partial charge in [0.1, 0.15) is 11.8 Å². The smallest absolute Gasteiger partial charge is 0.320 e. The zero-order valence-electron chi connectivity index (χ0n) is 14.5. The molecule has 2 aromatic carbocycles. The Labute approximate surface area is 143 Å². The number of ether oxygens (including phenoxy) is 1. The van der Waals surface area contributed by atoms with E-state index in [1.54, 1.807) is 7.11 Å². The van der Waals surface area contributed by atoms with Crippen LogP contribution >= 0.6 is 0 Å². The molecule has 0 aromatic heterocycles. The molecule has 0 aliphatic heterocycles. The fraction of sp³-hybridized carbons (Fsp3) is 0.350. The molecule has 2 rings (SSSR count). The number of carbonyl (C=O) groups is 1. The minimum Gasteiger partial charge on any atom is -0.496 e. The fourth-order valence-corrected chi connectivity index (χ4v) is 2.68. The van der Waals surface area contributed by atoms with Crippen LogP contribution in [0.5, 0.6) is 5.75 Å². The Morgan fingerprint density at radius 1 is 1.12 bits per heavy atom. The van der Waals surface area contributed by atoms with Crippen molar-refractivity contribution in [3.05, 3.63) is 54.1 Å². The van der Waals surface area contributed by atoms with Crippen molar-refractivity contribution in [1.29, 1.82) is 0 Å². The highest BCUT2D eigenvalue weighted by Gasteiger charge is 2.18. The Hall–Kier alpha value is -2.33. The second-order valence-electron chi connectivity index (χ2n) is 6.29. The molecule has 24 heavy (non-hydrogen) atoms. The Balaban J connectivity index is 2.14. The monoisotopic (exact) mass is 327 g/mol. The van der Waals surface area contributed by atoms with E-state index in [1.807, 2.05) is 50.2 Å². The van der Waals surface area contributed by atoms with E-state index >= 15 is 0 Å². The number of aliphatic carboxylic acids is 1. The summed E-state index contributed by atoms with van der Waals surface area (Å²) in [6.07, 6.45) is 0.597.